The van der Waals surface area contributed by atoms with Crippen molar-refractivity contribution in [2.45, 2.75) is 6.42 Å². The van der Waals surface area contributed by atoms with Gasteiger partial charge in [-0.2, -0.15) is 8.42 Å². The molecule has 0 amide bonds. The summed E-state index contributed by atoms with van der Waals surface area (Å²) in [6.45, 7) is 2.25. The number of aromatic nitrogens is 2. The van der Waals surface area contributed by atoms with Gasteiger partial charge in [-0.15, -0.1) is 0 Å². The first-order chi connectivity index (χ1) is 9.94. The molecule has 0 aromatic carbocycles. The third-order valence-electron chi connectivity index (χ3n) is 3.89. The lowest BCUT2D eigenvalue weighted by atomic mass is 9.95. The van der Waals surface area contributed by atoms with Crippen molar-refractivity contribution in [1.82, 2.24) is 14.3 Å². The fourth-order valence-electron chi connectivity index (χ4n) is 2.81. The van der Waals surface area contributed by atoms with Gasteiger partial charge in [0.2, 0.25) is 0 Å². The fraction of sp³-hybridized carbons (Fsp3) is 0.462. The lowest BCUT2D eigenvalue weighted by molar-refractivity contribution is 0.384. The SMILES string of the molecule is Cn1ccc2nccc(N3CC(CCNS(N)(=O)=O)C3)c21. The molecule has 1 fully saturated rings. The number of fused-ring (bicyclic) bond motifs is 1. The van der Waals surface area contributed by atoms with Crippen molar-refractivity contribution < 1.29 is 8.42 Å². The molecule has 3 rings (SSSR count). The molecule has 2 aromatic rings. The van der Waals surface area contributed by atoms with E-state index in [2.05, 4.69) is 19.2 Å². The molecule has 0 aliphatic carbocycles. The minimum absolute atomic E-state index is 0.396. The van der Waals surface area contributed by atoms with E-state index in [0.29, 0.717) is 12.5 Å². The number of hydrogen-bond donors (Lipinski definition) is 2. The highest BCUT2D eigenvalue weighted by Gasteiger charge is 2.28. The highest BCUT2D eigenvalue weighted by atomic mass is 32.2. The Hall–Kier alpha value is -1.64. The molecule has 1 aliphatic rings. The van der Waals surface area contributed by atoms with Crippen molar-refractivity contribution in [3.05, 3.63) is 24.5 Å². The van der Waals surface area contributed by atoms with Gasteiger partial charge in [-0.25, -0.2) is 9.86 Å². The van der Waals surface area contributed by atoms with E-state index in [1.165, 1.54) is 5.69 Å². The van der Waals surface area contributed by atoms with Crippen LogP contribution in [0.1, 0.15) is 6.42 Å². The summed E-state index contributed by atoms with van der Waals surface area (Å²) in [5.41, 5.74) is 3.32. The molecule has 0 spiro atoms. The van der Waals surface area contributed by atoms with Gasteiger partial charge in [0.05, 0.1) is 16.7 Å². The average molecular weight is 309 g/mol. The zero-order valence-corrected chi connectivity index (χ0v) is 12.7. The lowest BCUT2D eigenvalue weighted by Gasteiger charge is -2.41. The minimum atomic E-state index is -3.57. The lowest BCUT2D eigenvalue weighted by Crippen LogP contribution is -2.48. The first-order valence-corrected chi connectivity index (χ1v) is 8.41. The number of aryl methyl sites for hydroxylation is 1. The van der Waals surface area contributed by atoms with Gasteiger partial charge >= 0.3 is 0 Å². The van der Waals surface area contributed by atoms with E-state index < -0.39 is 10.2 Å². The second-order valence-electron chi connectivity index (χ2n) is 5.49. The summed E-state index contributed by atoms with van der Waals surface area (Å²) in [7, 11) is -1.56. The Morgan fingerprint density at radius 3 is 2.90 bits per heavy atom. The maximum Gasteiger partial charge on any atom is 0.274 e. The van der Waals surface area contributed by atoms with E-state index in [1.807, 2.05) is 31.6 Å². The molecule has 114 valence electrons. The number of hydrogen-bond acceptors (Lipinski definition) is 4. The fourth-order valence-corrected chi connectivity index (χ4v) is 3.21. The zero-order chi connectivity index (χ0) is 15.0. The van der Waals surface area contributed by atoms with Crippen molar-refractivity contribution in [3.8, 4) is 0 Å². The Bertz CT molecular complexity index is 749. The maximum absolute atomic E-state index is 10.8. The number of pyridine rings is 1. The first kappa shape index (κ1) is 14.3. The van der Waals surface area contributed by atoms with Gasteiger partial charge in [0.25, 0.3) is 10.2 Å². The second kappa shape index (κ2) is 5.28. The van der Waals surface area contributed by atoms with E-state index in [0.717, 1.165) is 30.5 Å². The van der Waals surface area contributed by atoms with Crippen LogP contribution < -0.4 is 14.8 Å². The summed E-state index contributed by atoms with van der Waals surface area (Å²) in [5.74, 6) is 0.489. The van der Waals surface area contributed by atoms with Crippen molar-refractivity contribution >= 4 is 26.9 Å². The van der Waals surface area contributed by atoms with Gasteiger partial charge in [-0.05, 0) is 24.5 Å². The highest BCUT2D eigenvalue weighted by molar-refractivity contribution is 7.87. The quantitative estimate of drug-likeness (QED) is 0.824. The molecule has 0 saturated carbocycles. The molecule has 0 atom stereocenters. The molecule has 0 bridgehead atoms. The summed E-state index contributed by atoms with van der Waals surface area (Å²) < 4.78 is 26.0. The van der Waals surface area contributed by atoms with Crippen molar-refractivity contribution in [2.75, 3.05) is 24.5 Å². The summed E-state index contributed by atoms with van der Waals surface area (Å²) in [5, 5.41) is 4.91. The Morgan fingerprint density at radius 2 is 2.19 bits per heavy atom. The van der Waals surface area contributed by atoms with E-state index in [9.17, 15) is 8.42 Å². The number of nitrogens with zero attached hydrogens (tertiary/aromatic N) is 3. The van der Waals surface area contributed by atoms with Crippen LogP contribution in [-0.4, -0.2) is 37.6 Å². The van der Waals surface area contributed by atoms with Crippen molar-refractivity contribution in [2.24, 2.45) is 18.1 Å². The Labute approximate surface area is 123 Å². The molecule has 2 aromatic heterocycles. The standard InChI is InChI=1S/C13H19N5O2S/c1-17-7-4-11-13(17)12(3-5-15-11)18-8-10(9-18)2-6-16-21(14,19)20/h3-5,7,10,16H,2,6,8-9H2,1H3,(H2,14,19,20). The summed E-state index contributed by atoms with van der Waals surface area (Å²) in [6, 6.07) is 4.03. The molecule has 7 nitrogen and oxygen atoms in total. The van der Waals surface area contributed by atoms with Crippen LogP contribution in [-0.2, 0) is 17.3 Å². The highest BCUT2D eigenvalue weighted by Crippen LogP contribution is 2.31. The molecule has 0 radical (unpaired) electrons. The van der Waals surface area contributed by atoms with Gasteiger partial charge < -0.3 is 9.47 Å². The summed E-state index contributed by atoms with van der Waals surface area (Å²) in [4.78, 5) is 6.66. The molecule has 3 N–H and O–H groups in total. The molecular weight excluding hydrogens is 290 g/mol. The van der Waals surface area contributed by atoms with Crippen LogP contribution in [0.5, 0.6) is 0 Å². The Morgan fingerprint density at radius 1 is 1.43 bits per heavy atom. The molecule has 21 heavy (non-hydrogen) atoms. The van der Waals surface area contributed by atoms with E-state index in [4.69, 9.17) is 5.14 Å². The third kappa shape index (κ3) is 3.02. The minimum Gasteiger partial charge on any atom is -0.369 e. The van der Waals surface area contributed by atoms with E-state index in [-0.39, 0.29) is 0 Å². The van der Waals surface area contributed by atoms with Crippen molar-refractivity contribution in [1.29, 1.82) is 0 Å². The second-order valence-corrected chi connectivity index (χ2v) is 6.87. The van der Waals surface area contributed by atoms with Crippen LogP contribution in [0.25, 0.3) is 11.0 Å². The van der Waals surface area contributed by atoms with Crippen LogP contribution in [0.3, 0.4) is 0 Å². The summed E-state index contributed by atoms with van der Waals surface area (Å²) >= 11 is 0. The Kier molecular flexibility index (Phi) is 3.60. The van der Waals surface area contributed by atoms with Gasteiger partial charge in [0, 0.05) is 39.1 Å². The van der Waals surface area contributed by atoms with Gasteiger partial charge in [-0.3, -0.25) is 4.98 Å². The van der Waals surface area contributed by atoms with Gasteiger partial charge in [0.1, 0.15) is 0 Å². The van der Waals surface area contributed by atoms with Crippen molar-refractivity contribution in [3.63, 3.8) is 0 Å². The molecule has 3 heterocycles. The predicted octanol–water partition coefficient (Wildman–Crippen LogP) is 0.193. The number of nitrogens with two attached hydrogens (primary N) is 1. The third-order valence-corrected chi connectivity index (χ3v) is 4.50. The number of anilines is 1. The monoisotopic (exact) mass is 309 g/mol. The van der Waals surface area contributed by atoms with E-state index >= 15 is 0 Å². The van der Waals surface area contributed by atoms with Gasteiger partial charge in [0.15, 0.2) is 0 Å². The predicted molar refractivity (Wildman–Crippen MR) is 82.1 cm³/mol. The maximum atomic E-state index is 10.8. The number of nitrogens with one attached hydrogen (secondary N) is 1. The molecule has 8 heteroatoms. The van der Waals surface area contributed by atoms with Gasteiger partial charge in [-0.1, -0.05) is 0 Å². The summed E-state index contributed by atoms with van der Waals surface area (Å²) in [6.07, 6.45) is 4.64. The van der Waals surface area contributed by atoms with Crippen LogP contribution in [0.4, 0.5) is 5.69 Å². The molecule has 0 unspecified atom stereocenters. The van der Waals surface area contributed by atoms with Crippen LogP contribution >= 0.6 is 0 Å². The molecule has 1 aliphatic heterocycles. The molecule has 1 saturated heterocycles. The Balaban J connectivity index is 1.62. The van der Waals surface area contributed by atoms with Crippen LogP contribution in [0, 0.1) is 5.92 Å². The van der Waals surface area contributed by atoms with E-state index in [1.54, 1.807) is 0 Å². The largest absolute Gasteiger partial charge is 0.369 e. The zero-order valence-electron chi connectivity index (χ0n) is 11.9. The van der Waals surface area contributed by atoms with Crippen LogP contribution in [0.2, 0.25) is 0 Å². The molecular formula is C13H19N5O2S. The smallest absolute Gasteiger partial charge is 0.274 e. The normalized spacial score (nSPS) is 16.4. The average Bonchev–Trinajstić information content (AvgIpc) is 2.73. The topological polar surface area (TPSA) is 93.2 Å². The number of rotatable bonds is 5. The first-order valence-electron chi connectivity index (χ1n) is 6.86. The van der Waals surface area contributed by atoms with Crippen LogP contribution in [0.15, 0.2) is 24.5 Å².